The van der Waals surface area contributed by atoms with Crippen molar-refractivity contribution in [3.8, 4) is 0 Å². The van der Waals surface area contributed by atoms with Gasteiger partial charge in [0, 0.05) is 55.5 Å². The van der Waals surface area contributed by atoms with Crippen LogP contribution in [0.2, 0.25) is 0 Å². The normalized spacial score (nSPS) is 19.2. The zero-order valence-corrected chi connectivity index (χ0v) is 27.9. The molecule has 2 heterocycles. The summed E-state index contributed by atoms with van der Waals surface area (Å²) in [6, 6.07) is 22.0. The van der Waals surface area contributed by atoms with E-state index in [2.05, 4.69) is 10.2 Å². The highest BCUT2D eigenvalue weighted by molar-refractivity contribution is 6.02. The fourth-order valence-corrected chi connectivity index (χ4v) is 7.65. The summed E-state index contributed by atoms with van der Waals surface area (Å²) in [7, 11) is 0. The van der Waals surface area contributed by atoms with Crippen LogP contribution >= 0.6 is 0 Å². The minimum atomic E-state index is -0.975. The van der Waals surface area contributed by atoms with E-state index >= 15 is 4.39 Å². The Labute approximate surface area is 289 Å². The van der Waals surface area contributed by atoms with E-state index in [1.165, 1.54) is 36.4 Å². The lowest BCUT2D eigenvalue weighted by molar-refractivity contribution is -0.131. The number of nitrogens with zero attached hydrogens (tertiary/aromatic N) is 3. The van der Waals surface area contributed by atoms with Crippen molar-refractivity contribution in [3.05, 3.63) is 142 Å². The van der Waals surface area contributed by atoms with Crippen molar-refractivity contribution in [1.29, 1.82) is 0 Å². The number of nitrogens with one attached hydrogen (secondary N) is 1. The fraction of sp³-hybridized carbons (Fsp3) is 0.300. The molecule has 0 spiro atoms. The SMILES string of the molecule is CC1(C)CC(=O)C2=C(C1)Nc1ccccc1N(CC(=O)N1CCN(C(c3ccc(F)cc3)c3ccc(F)cc3)CC1)C2c1ccc(F)cc1F. The van der Waals surface area contributed by atoms with Gasteiger partial charge in [-0.05, 0) is 65.4 Å². The van der Waals surface area contributed by atoms with E-state index in [0.717, 1.165) is 17.2 Å². The molecule has 258 valence electrons. The molecule has 10 heteroatoms. The standard InChI is InChI=1S/C40H38F4N4O2/c1-40(2)22-33-37(35(49)23-40)39(30-16-15-29(43)21-31(30)44)48(34-6-4-3-5-32(34)45-33)24-36(50)46-17-19-47(20-18-46)38(25-7-11-27(41)12-8-25)26-9-13-28(42)14-10-26/h3-16,21,38-39,45H,17-20,22-24H2,1-2H3. The predicted molar refractivity (Wildman–Crippen MR) is 184 cm³/mol. The van der Waals surface area contributed by atoms with Gasteiger partial charge in [0.2, 0.25) is 5.91 Å². The Morgan fingerprint density at radius 2 is 1.40 bits per heavy atom. The van der Waals surface area contributed by atoms with Crippen LogP contribution in [0.1, 0.15) is 55.5 Å². The van der Waals surface area contributed by atoms with Crippen LogP contribution < -0.4 is 10.2 Å². The maximum Gasteiger partial charge on any atom is 0.242 e. The summed E-state index contributed by atoms with van der Waals surface area (Å²) in [6.45, 7) is 5.60. The first-order valence-corrected chi connectivity index (χ1v) is 16.8. The Kier molecular flexibility index (Phi) is 8.98. The van der Waals surface area contributed by atoms with Crippen LogP contribution in [0.25, 0.3) is 0 Å². The lowest BCUT2D eigenvalue weighted by Gasteiger charge is -2.41. The minimum absolute atomic E-state index is 0.115. The molecular formula is C40H38F4N4O2. The molecule has 1 saturated heterocycles. The van der Waals surface area contributed by atoms with Crippen molar-refractivity contribution in [1.82, 2.24) is 9.80 Å². The number of anilines is 2. The minimum Gasteiger partial charge on any atom is -0.357 e. The quantitative estimate of drug-likeness (QED) is 0.211. The number of rotatable bonds is 6. The molecule has 6 nitrogen and oxygen atoms in total. The molecule has 2 aliphatic heterocycles. The van der Waals surface area contributed by atoms with Gasteiger partial charge in [0.15, 0.2) is 5.78 Å². The van der Waals surface area contributed by atoms with Gasteiger partial charge in [0.05, 0.1) is 30.0 Å². The van der Waals surface area contributed by atoms with Gasteiger partial charge < -0.3 is 15.1 Å². The summed E-state index contributed by atoms with van der Waals surface area (Å²) in [5.74, 6) is -2.59. The van der Waals surface area contributed by atoms with Gasteiger partial charge >= 0.3 is 0 Å². The second-order valence-electron chi connectivity index (χ2n) is 14.1. The summed E-state index contributed by atoms with van der Waals surface area (Å²) >= 11 is 0. The zero-order chi connectivity index (χ0) is 35.2. The molecular weight excluding hydrogens is 644 g/mol. The molecule has 0 bridgehead atoms. The summed E-state index contributed by atoms with van der Waals surface area (Å²) in [5.41, 5.74) is 3.84. The Balaban J connectivity index is 1.20. The van der Waals surface area contributed by atoms with Crippen molar-refractivity contribution in [2.24, 2.45) is 5.41 Å². The molecule has 3 aliphatic rings. The highest BCUT2D eigenvalue weighted by Gasteiger charge is 2.43. The number of hydrogen-bond donors (Lipinski definition) is 1. The number of para-hydroxylation sites is 2. The third-order valence-electron chi connectivity index (χ3n) is 9.97. The second-order valence-corrected chi connectivity index (χ2v) is 14.1. The van der Waals surface area contributed by atoms with Gasteiger partial charge in [-0.2, -0.15) is 0 Å². The van der Waals surface area contributed by atoms with Gasteiger partial charge in [-0.15, -0.1) is 0 Å². The smallest absolute Gasteiger partial charge is 0.242 e. The van der Waals surface area contributed by atoms with Crippen molar-refractivity contribution in [3.63, 3.8) is 0 Å². The van der Waals surface area contributed by atoms with E-state index in [1.807, 2.05) is 38.1 Å². The van der Waals surface area contributed by atoms with Crippen LogP contribution in [-0.2, 0) is 9.59 Å². The molecule has 0 saturated carbocycles. The topological polar surface area (TPSA) is 55.9 Å². The highest BCUT2D eigenvalue weighted by atomic mass is 19.1. The first kappa shape index (κ1) is 33.5. The number of hydrogen-bond acceptors (Lipinski definition) is 5. The molecule has 1 N–H and O–H groups in total. The molecule has 4 aromatic carbocycles. The van der Waals surface area contributed by atoms with Gasteiger partial charge in [-0.25, -0.2) is 17.6 Å². The molecule has 1 unspecified atom stereocenters. The van der Waals surface area contributed by atoms with Gasteiger partial charge in [-0.3, -0.25) is 14.5 Å². The van der Waals surface area contributed by atoms with Crippen LogP contribution in [0.3, 0.4) is 0 Å². The average Bonchev–Trinajstić information content (AvgIpc) is 3.20. The fourth-order valence-electron chi connectivity index (χ4n) is 7.65. The molecule has 1 atom stereocenters. The maximum atomic E-state index is 15.7. The third kappa shape index (κ3) is 6.64. The zero-order valence-electron chi connectivity index (χ0n) is 27.9. The maximum absolute atomic E-state index is 15.7. The molecule has 0 aromatic heterocycles. The van der Waals surface area contributed by atoms with E-state index in [-0.39, 0.29) is 53.3 Å². The predicted octanol–water partition coefficient (Wildman–Crippen LogP) is 7.79. The van der Waals surface area contributed by atoms with Crippen molar-refractivity contribution >= 4 is 23.1 Å². The van der Waals surface area contributed by atoms with E-state index in [1.54, 1.807) is 34.1 Å². The van der Waals surface area contributed by atoms with E-state index in [9.17, 15) is 22.8 Å². The first-order valence-electron chi connectivity index (χ1n) is 16.8. The molecule has 1 aliphatic carbocycles. The molecule has 7 rings (SSSR count). The summed E-state index contributed by atoms with van der Waals surface area (Å²) in [4.78, 5) is 33.9. The van der Waals surface area contributed by atoms with E-state index in [4.69, 9.17) is 0 Å². The number of carbonyl (C=O) groups excluding carboxylic acids is 2. The van der Waals surface area contributed by atoms with Gasteiger partial charge in [0.1, 0.15) is 23.3 Å². The number of allylic oxidation sites excluding steroid dienone is 1. The van der Waals surface area contributed by atoms with Crippen LogP contribution in [-0.4, -0.2) is 54.2 Å². The molecule has 50 heavy (non-hydrogen) atoms. The second kappa shape index (κ2) is 13.4. The summed E-state index contributed by atoms with van der Waals surface area (Å²) in [6.07, 6.45) is 0.783. The number of fused-ring (bicyclic) bond motifs is 1. The number of Topliss-reactive ketones (excluding diaryl/α,β-unsaturated/α-hetero) is 1. The molecule has 4 aromatic rings. The molecule has 1 fully saturated rings. The lowest BCUT2D eigenvalue weighted by atomic mass is 9.73. The number of benzene rings is 4. The van der Waals surface area contributed by atoms with Crippen molar-refractivity contribution in [2.45, 2.75) is 38.8 Å². The summed E-state index contributed by atoms with van der Waals surface area (Å²) < 4.78 is 57.6. The third-order valence-corrected chi connectivity index (χ3v) is 9.97. The van der Waals surface area contributed by atoms with Crippen LogP contribution in [0.4, 0.5) is 28.9 Å². The van der Waals surface area contributed by atoms with Crippen molar-refractivity contribution in [2.75, 3.05) is 42.9 Å². The highest BCUT2D eigenvalue weighted by Crippen LogP contribution is 2.48. The number of halogens is 4. The Bertz CT molecular complexity index is 1910. The van der Waals surface area contributed by atoms with E-state index < -0.39 is 17.7 Å². The molecule has 0 radical (unpaired) electrons. The van der Waals surface area contributed by atoms with E-state index in [0.29, 0.717) is 55.2 Å². The van der Waals surface area contributed by atoms with Crippen LogP contribution in [0, 0.1) is 28.7 Å². The molecule has 1 amide bonds. The number of ketones is 1. The largest absolute Gasteiger partial charge is 0.357 e. The summed E-state index contributed by atoms with van der Waals surface area (Å²) in [5, 5.41) is 3.46. The monoisotopic (exact) mass is 682 g/mol. The Hall–Kier alpha value is -4.96. The van der Waals surface area contributed by atoms with Gasteiger partial charge in [0.25, 0.3) is 0 Å². The van der Waals surface area contributed by atoms with Gasteiger partial charge in [-0.1, -0.05) is 56.3 Å². The van der Waals surface area contributed by atoms with Crippen LogP contribution in [0.15, 0.2) is 102 Å². The average molecular weight is 683 g/mol. The Morgan fingerprint density at radius 3 is 2.02 bits per heavy atom. The van der Waals surface area contributed by atoms with Crippen molar-refractivity contribution < 1.29 is 27.2 Å². The number of piperazine rings is 1. The Morgan fingerprint density at radius 1 is 0.800 bits per heavy atom. The number of amides is 1. The lowest BCUT2D eigenvalue weighted by Crippen LogP contribution is -2.52. The number of carbonyl (C=O) groups is 2. The van der Waals surface area contributed by atoms with Crippen LogP contribution in [0.5, 0.6) is 0 Å². The first-order chi connectivity index (χ1) is 24.0.